The first-order chi connectivity index (χ1) is 8.40. The number of aromatic nitrogens is 2. The summed E-state index contributed by atoms with van der Waals surface area (Å²) in [5, 5.41) is 3.19. The molecule has 0 fully saturated rings. The van der Waals surface area contributed by atoms with Crippen LogP contribution in [0.15, 0.2) is 36.9 Å². The molecule has 0 unspecified atom stereocenters. The van der Waals surface area contributed by atoms with Gasteiger partial charge in [0.2, 0.25) is 5.95 Å². The number of benzene rings is 1. The van der Waals surface area contributed by atoms with E-state index < -0.39 is 0 Å². The Morgan fingerprint density at radius 2 is 2.24 bits per heavy atom. The van der Waals surface area contributed by atoms with Gasteiger partial charge in [0.05, 0.1) is 24.2 Å². The SMILES string of the molecule is C=CCCOCCNc1nc2ccccc2[nH]1. The summed E-state index contributed by atoms with van der Waals surface area (Å²) in [6, 6.07) is 7.96. The molecule has 1 aromatic heterocycles. The molecule has 0 radical (unpaired) electrons. The van der Waals surface area contributed by atoms with Crippen molar-refractivity contribution in [3.05, 3.63) is 36.9 Å². The largest absolute Gasteiger partial charge is 0.379 e. The molecule has 1 aromatic carbocycles. The minimum atomic E-state index is 0.672. The molecule has 2 aromatic rings. The number of ether oxygens (including phenoxy) is 1. The van der Waals surface area contributed by atoms with Gasteiger partial charge in [-0.25, -0.2) is 4.98 Å². The van der Waals surface area contributed by atoms with Crippen LogP contribution in [0.25, 0.3) is 11.0 Å². The summed E-state index contributed by atoms with van der Waals surface area (Å²) in [7, 11) is 0. The van der Waals surface area contributed by atoms with Gasteiger partial charge in [-0.3, -0.25) is 0 Å². The van der Waals surface area contributed by atoms with Crippen molar-refractivity contribution in [1.82, 2.24) is 9.97 Å². The molecule has 4 nitrogen and oxygen atoms in total. The Bertz CT molecular complexity index is 445. The Morgan fingerprint density at radius 1 is 1.35 bits per heavy atom. The van der Waals surface area contributed by atoms with Crippen LogP contribution in [0.4, 0.5) is 5.95 Å². The highest BCUT2D eigenvalue weighted by atomic mass is 16.5. The fraction of sp³-hybridized carbons (Fsp3) is 0.308. The van der Waals surface area contributed by atoms with Crippen LogP contribution < -0.4 is 5.32 Å². The zero-order valence-electron chi connectivity index (χ0n) is 9.78. The van der Waals surface area contributed by atoms with Crippen molar-refractivity contribution in [3.8, 4) is 0 Å². The molecule has 0 aliphatic rings. The molecule has 17 heavy (non-hydrogen) atoms. The van der Waals surface area contributed by atoms with Crippen LogP contribution in [0, 0.1) is 0 Å². The number of H-pyrrole nitrogens is 1. The standard InChI is InChI=1S/C13H17N3O/c1-2-3-9-17-10-8-14-13-15-11-6-4-5-7-12(11)16-13/h2,4-7H,1,3,8-10H2,(H2,14,15,16). The fourth-order valence-corrected chi connectivity index (χ4v) is 1.55. The van der Waals surface area contributed by atoms with Crippen LogP contribution >= 0.6 is 0 Å². The van der Waals surface area contributed by atoms with E-state index in [-0.39, 0.29) is 0 Å². The second-order valence-electron chi connectivity index (χ2n) is 3.72. The molecule has 0 aliphatic carbocycles. The van der Waals surface area contributed by atoms with E-state index in [0.717, 1.165) is 36.6 Å². The van der Waals surface area contributed by atoms with Crippen LogP contribution in [0.1, 0.15) is 6.42 Å². The van der Waals surface area contributed by atoms with Crippen molar-refractivity contribution >= 4 is 17.0 Å². The number of anilines is 1. The molecular formula is C13H17N3O. The maximum absolute atomic E-state index is 5.39. The van der Waals surface area contributed by atoms with E-state index in [1.807, 2.05) is 30.3 Å². The number of nitrogens with zero attached hydrogens (tertiary/aromatic N) is 1. The summed E-state index contributed by atoms with van der Waals surface area (Å²) in [5.74, 6) is 0.790. The van der Waals surface area contributed by atoms with E-state index in [0.29, 0.717) is 6.61 Å². The minimum absolute atomic E-state index is 0.672. The van der Waals surface area contributed by atoms with Gasteiger partial charge in [-0.05, 0) is 18.6 Å². The summed E-state index contributed by atoms with van der Waals surface area (Å²) in [5.41, 5.74) is 2.02. The lowest BCUT2D eigenvalue weighted by Gasteiger charge is -2.03. The van der Waals surface area contributed by atoms with E-state index >= 15 is 0 Å². The van der Waals surface area contributed by atoms with E-state index in [1.54, 1.807) is 0 Å². The number of nitrogens with one attached hydrogen (secondary N) is 2. The molecule has 0 saturated carbocycles. The van der Waals surface area contributed by atoms with Gasteiger partial charge in [-0.2, -0.15) is 0 Å². The number of rotatable bonds is 7. The second kappa shape index (κ2) is 6.06. The van der Waals surface area contributed by atoms with Gasteiger partial charge in [0.1, 0.15) is 0 Å². The Balaban J connectivity index is 1.77. The van der Waals surface area contributed by atoms with Gasteiger partial charge in [-0.1, -0.05) is 18.2 Å². The molecule has 1 heterocycles. The molecule has 0 bridgehead atoms. The highest BCUT2D eigenvalue weighted by Crippen LogP contribution is 2.12. The van der Waals surface area contributed by atoms with E-state index in [2.05, 4.69) is 21.9 Å². The van der Waals surface area contributed by atoms with Crippen molar-refractivity contribution in [1.29, 1.82) is 0 Å². The first-order valence-corrected chi connectivity index (χ1v) is 5.77. The van der Waals surface area contributed by atoms with Crippen molar-refractivity contribution < 1.29 is 4.74 Å². The van der Waals surface area contributed by atoms with Crippen LogP contribution in [0.2, 0.25) is 0 Å². The monoisotopic (exact) mass is 231 g/mol. The topological polar surface area (TPSA) is 49.9 Å². The molecule has 0 amide bonds. The minimum Gasteiger partial charge on any atom is -0.379 e. The van der Waals surface area contributed by atoms with Gasteiger partial charge in [0.25, 0.3) is 0 Å². The van der Waals surface area contributed by atoms with Gasteiger partial charge in [0, 0.05) is 6.54 Å². The van der Waals surface area contributed by atoms with Gasteiger partial charge in [0.15, 0.2) is 0 Å². The average molecular weight is 231 g/mol. The Labute approximate surface area is 101 Å². The van der Waals surface area contributed by atoms with Crippen molar-refractivity contribution in [2.45, 2.75) is 6.42 Å². The van der Waals surface area contributed by atoms with Crippen molar-refractivity contribution in [2.75, 3.05) is 25.1 Å². The molecule has 4 heteroatoms. The Hall–Kier alpha value is -1.81. The highest BCUT2D eigenvalue weighted by Gasteiger charge is 1.99. The summed E-state index contributed by atoms with van der Waals surface area (Å²) < 4.78 is 5.39. The predicted molar refractivity (Wildman–Crippen MR) is 70.2 cm³/mol. The lowest BCUT2D eigenvalue weighted by atomic mass is 10.3. The molecule has 0 spiro atoms. The first-order valence-electron chi connectivity index (χ1n) is 5.77. The van der Waals surface area contributed by atoms with E-state index in [4.69, 9.17) is 4.74 Å². The molecule has 0 atom stereocenters. The van der Waals surface area contributed by atoms with Crippen molar-refractivity contribution in [3.63, 3.8) is 0 Å². The zero-order valence-corrected chi connectivity index (χ0v) is 9.78. The normalized spacial score (nSPS) is 10.6. The number of fused-ring (bicyclic) bond motifs is 1. The summed E-state index contributed by atoms with van der Waals surface area (Å²) in [6.45, 7) is 5.79. The zero-order chi connectivity index (χ0) is 11.9. The van der Waals surface area contributed by atoms with Crippen molar-refractivity contribution in [2.24, 2.45) is 0 Å². The van der Waals surface area contributed by atoms with Gasteiger partial charge in [-0.15, -0.1) is 6.58 Å². The Morgan fingerprint density at radius 3 is 3.06 bits per heavy atom. The number of para-hydroxylation sites is 2. The molecule has 0 aliphatic heterocycles. The number of aromatic amines is 1. The average Bonchev–Trinajstić information content (AvgIpc) is 2.76. The van der Waals surface area contributed by atoms with Crippen LogP contribution in [0.5, 0.6) is 0 Å². The van der Waals surface area contributed by atoms with Crippen LogP contribution in [0.3, 0.4) is 0 Å². The number of imidazole rings is 1. The third kappa shape index (κ3) is 3.32. The first kappa shape index (κ1) is 11.7. The summed E-state index contributed by atoms with van der Waals surface area (Å²) in [4.78, 5) is 7.61. The predicted octanol–water partition coefficient (Wildman–Crippen LogP) is 2.57. The number of hydrogen-bond acceptors (Lipinski definition) is 3. The maximum Gasteiger partial charge on any atom is 0.201 e. The molecule has 2 N–H and O–H groups in total. The second-order valence-corrected chi connectivity index (χ2v) is 3.72. The molecular weight excluding hydrogens is 214 g/mol. The lowest BCUT2D eigenvalue weighted by molar-refractivity contribution is 0.149. The molecule has 90 valence electrons. The van der Waals surface area contributed by atoms with Gasteiger partial charge < -0.3 is 15.0 Å². The van der Waals surface area contributed by atoms with Crippen LogP contribution in [-0.2, 0) is 4.74 Å². The summed E-state index contributed by atoms with van der Waals surface area (Å²) in [6.07, 6.45) is 2.75. The fourth-order valence-electron chi connectivity index (χ4n) is 1.55. The lowest BCUT2D eigenvalue weighted by Crippen LogP contribution is -2.10. The third-order valence-corrected chi connectivity index (χ3v) is 2.39. The van der Waals surface area contributed by atoms with E-state index in [1.165, 1.54) is 0 Å². The third-order valence-electron chi connectivity index (χ3n) is 2.39. The smallest absolute Gasteiger partial charge is 0.201 e. The number of hydrogen-bond donors (Lipinski definition) is 2. The van der Waals surface area contributed by atoms with Crippen LogP contribution in [-0.4, -0.2) is 29.7 Å². The maximum atomic E-state index is 5.39. The quantitative estimate of drug-likeness (QED) is 0.568. The Kier molecular flexibility index (Phi) is 4.16. The molecule has 0 saturated heterocycles. The van der Waals surface area contributed by atoms with Gasteiger partial charge >= 0.3 is 0 Å². The summed E-state index contributed by atoms with van der Waals surface area (Å²) >= 11 is 0. The molecule has 2 rings (SSSR count). The van der Waals surface area contributed by atoms with E-state index in [9.17, 15) is 0 Å². The highest BCUT2D eigenvalue weighted by molar-refractivity contribution is 5.77.